The van der Waals surface area contributed by atoms with Crippen molar-refractivity contribution < 1.29 is 9.88 Å². The Morgan fingerprint density at radius 3 is 2.93 bits per heavy atom. The smallest absolute Gasteiger partial charge is 0.180 e. The average molecular weight is 207 g/mol. The number of aromatic nitrogens is 4. The highest BCUT2D eigenvalue weighted by molar-refractivity contribution is 5.67. The van der Waals surface area contributed by atoms with E-state index in [-0.39, 0.29) is 0 Å². The normalized spacial score (nSPS) is 12.9. The zero-order chi connectivity index (χ0) is 10.5. The van der Waals surface area contributed by atoms with Crippen LogP contribution >= 0.6 is 0 Å². The number of fused-ring (bicyclic) bond motifs is 1. The third-order valence-electron chi connectivity index (χ3n) is 1.58. The lowest BCUT2D eigenvalue weighted by Crippen LogP contribution is -1.94. The van der Waals surface area contributed by atoms with Crippen molar-refractivity contribution in [3.63, 3.8) is 0 Å². The number of aromatic amines is 1. The molecule has 0 spiro atoms. The quantitative estimate of drug-likeness (QED) is 0.615. The number of rotatable bonds is 0. The van der Waals surface area contributed by atoms with Gasteiger partial charge >= 0.3 is 0 Å². The SMILES string of the molecule is C1=COON1.Cc1ncc2[nH]cnc2n1. The molecule has 0 amide bonds. The topological polar surface area (TPSA) is 85.0 Å². The van der Waals surface area contributed by atoms with Crippen molar-refractivity contribution in [2.24, 2.45) is 0 Å². The van der Waals surface area contributed by atoms with Crippen molar-refractivity contribution >= 4 is 11.2 Å². The Morgan fingerprint density at radius 1 is 1.33 bits per heavy atom. The van der Waals surface area contributed by atoms with Crippen LogP contribution in [0.25, 0.3) is 11.2 Å². The van der Waals surface area contributed by atoms with E-state index in [2.05, 4.69) is 35.3 Å². The van der Waals surface area contributed by atoms with Crippen molar-refractivity contribution in [1.29, 1.82) is 0 Å². The minimum Gasteiger partial charge on any atom is -0.342 e. The molecule has 2 aromatic rings. The van der Waals surface area contributed by atoms with Gasteiger partial charge in [0, 0.05) is 0 Å². The van der Waals surface area contributed by atoms with E-state index in [9.17, 15) is 0 Å². The molecule has 3 heterocycles. The van der Waals surface area contributed by atoms with Gasteiger partial charge in [-0.05, 0) is 6.92 Å². The second-order valence-corrected chi connectivity index (χ2v) is 2.66. The van der Waals surface area contributed by atoms with E-state index in [4.69, 9.17) is 0 Å². The highest BCUT2D eigenvalue weighted by Gasteiger charge is 1.95. The number of H-pyrrole nitrogens is 1. The second-order valence-electron chi connectivity index (χ2n) is 2.66. The molecular formula is C8H9N5O2. The molecule has 0 unspecified atom stereocenters. The molecule has 7 nitrogen and oxygen atoms in total. The van der Waals surface area contributed by atoms with Gasteiger partial charge < -0.3 is 9.87 Å². The van der Waals surface area contributed by atoms with E-state index >= 15 is 0 Å². The Hall–Kier alpha value is -2.15. The first-order chi connectivity index (χ1) is 7.36. The standard InChI is InChI=1S/C6H6N4.C2H3NO2/c1-4-7-2-5-6(10-4)9-3-8-5;1-2-4-5-3-1/h2-3H,1H3,(H,7,8,9,10);1-3H. The summed E-state index contributed by atoms with van der Waals surface area (Å²) in [6.45, 7) is 1.84. The molecule has 0 aromatic carbocycles. The van der Waals surface area contributed by atoms with Gasteiger partial charge in [-0.25, -0.2) is 20.4 Å². The van der Waals surface area contributed by atoms with Crippen molar-refractivity contribution in [1.82, 2.24) is 25.4 Å². The Kier molecular flexibility index (Phi) is 2.75. The summed E-state index contributed by atoms with van der Waals surface area (Å²) >= 11 is 0. The first-order valence-electron chi connectivity index (χ1n) is 4.22. The van der Waals surface area contributed by atoms with E-state index < -0.39 is 0 Å². The summed E-state index contributed by atoms with van der Waals surface area (Å²) < 4.78 is 0. The largest absolute Gasteiger partial charge is 0.342 e. The fourth-order valence-electron chi connectivity index (χ4n) is 0.960. The Bertz CT molecular complexity index is 461. The number of imidazole rings is 1. The number of hydrogen-bond donors (Lipinski definition) is 2. The lowest BCUT2D eigenvalue weighted by Gasteiger charge is -1.87. The lowest BCUT2D eigenvalue weighted by molar-refractivity contribution is -0.264. The minimum absolute atomic E-state index is 0.729. The van der Waals surface area contributed by atoms with Crippen LogP contribution in [-0.2, 0) is 9.88 Å². The molecule has 78 valence electrons. The molecule has 0 aliphatic carbocycles. The average Bonchev–Trinajstić information content (AvgIpc) is 2.91. The minimum atomic E-state index is 0.729. The summed E-state index contributed by atoms with van der Waals surface area (Å²) in [6, 6.07) is 0. The maximum absolute atomic E-state index is 4.15. The van der Waals surface area contributed by atoms with Crippen LogP contribution in [0.3, 0.4) is 0 Å². The molecule has 2 aromatic heterocycles. The predicted molar refractivity (Wildman–Crippen MR) is 50.9 cm³/mol. The second kappa shape index (κ2) is 4.38. The van der Waals surface area contributed by atoms with Gasteiger partial charge in [-0.3, -0.25) is 0 Å². The van der Waals surface area contributed by atoms with Crippen LogP contribution < -0.4 is 5.48 Å². The van der Waals surface area contributed by atoms with Crippen molar-refractivity contribution in [3.8, 4) is 0 Å². The zero-order valence-electron chi connectivity index (χ0n) is 7.97. The van der Waals surface area contributed by atoms with Crippen LogP contribution in [-0.4, -0.2) is 19.9 Å². The van der Waals surface area contributed by atoms with E-state index in [0.29, 0.717) is 0 Å². The van der Waals surface area contributed by atoms with Crippen molar-refractivity contribution in [3.05, 3.63) is 30.8 Å². The predicted octanol–water partition coefficient (Wildman–Crippen LogP) is 0.585. The fourth-order valence-corrected chi connectivity index (χ4v) is 0.960. The summed E-state index contributed by atoms with van der Waals surface area (Å²) in [7, 11) is 0. The highest BCUT2D eigenvalue weighted by atomic mass is 17.3. The summed E-state index contributed by atoms with van der Waals surface area (Å²) in [4.78, 5) is 23.2. The number of hydroxylamine groups is 1. The van der Waals surface area contributed by atoms with Crippen LogP contribution in [0.5, 0.6) is 0 Å². The van der Waals surface area contributed by atoms with Crippen LogP contribution in [0.15, 0.2) is 25.0 Å². The monoisotopic (exact) mass is 207 g/mol. The molecule has 7 heteroatoms. The summed E-state index contributed by atoms with van der Waals surface area (Å²) in [6.07, 6.45) is 6.28. The number of nitrogens with zero attached hydrogens (tertiary/aromatic N) is 3. The molecule has 0 fully saturated rings. The first-order valence-corrected chi connectivity index (χ1v) is 4.22. The van der Waals surface area contributed by atoms with Gasteiger partial charge in [0.15, 0.2) is 5.65 Å². The molecule has 15 heavy (non-hydrogen) atoms. The Balaban J connectivity index is 0.000000144. The summed E-state index contributed by atoms with van der Waals surface area (Å²) in [5, 5.41) is 0. The molecule has 0 bridgehead atoms. The van der Waals surface area contributed by atoms with Gasteiger partial charge in [0.25, 0.3) is 0 Å². The van der Waals surface area contributed by atoms with Gasteiger partial charge in [-0.1, -0.05) is 4.99 Å². The van der Waals surface area contributed by atoms with Crippen molar-refractivity contribution in [2.45, 2.75) is 6.92 Å². The molecular weight excluding hydrogens is 198 g/mol. The van der Waals surface area contributed by atoms with Crippen molar-refractivity contribution in [2.75, 3.05) is 0 Å². The van der Waals surface area contributed by atoms with Crippen LogP contribution in [0.2, 0.25) is 0 Å². The molecule has 0 saturated heterocycles. The summed E-state index contributed by atoms with van der Waals surface area (Å²) in [5.41, 5.74) is 3.93. The van der Waals surface area contributed by atoms with E-state index in [0.717, 1.165) is 17.0 Å². The van der Waals surface area contributed by atoms with Gasteiger partial charge in [-0.15, -0.1) is 0 Å². The molecule has 1 aliphatic heterocycles. The van der Waals surface area contributed by atoms with E-state index in [1.807, 2.05) is 6.92 Å². The third-order valence-corrected chi connectivity index (χ3v) is 1.58. The Morgan fingerprint density at radius 2 is 2.27 bits per heavy atom. The Labute approximate surface area is 85.0 Å². The fraction of sp³-hybridized carbons (Fsp3) is 0.125. The van der Waals surface area contributed by atoms with Gasteiger partial charge in [0.1, 0.15) is 17.6 Å². The molecule has 0 saturated carbocycles. The zero-order valence-corrected chi connectivity index (χ0v) is 7.97. The number of hydrogen-bond acceptors (Lipinski definition) is 6. The van der Waals surface area contributed by atoms with Gasteiger partial charge in [-0.2, -0.15) is 0 Å². The van der Waals surface area contributed by atoms with E-state index in [1.165, 1.54) is 6.26 Å². The van der Waals surface area contributed by atoms with Gasteiger partial charge in [0.05, 0.1) is 18.7 Å². The molecule has 1 aliphatic rings. The van der Waals surface area contributed by atoms with Crippen LogP contribution in [0.1, 0.15) is 5.82 Å². The van der Waals surface area contributed by atoms with Crippen LogP contribution in [0.4, 0.5) is 0 Å². The molecule has 2 N–H and O–H groups in total. The third kappa shape index (κ3) is 2.41. The molecule has 0 atom stereocenters. The van der Waals surface area contributed by atoms with Gasteiger partial charge in [0.2, 0.25) is 0 Å². The summed E-state index contributed by atoms with van der Waals surface area (Å²) in [5.74, 6) is 0.750. The highest BCUT2D eigenvalue weighted by Crippen LogP contribution is 2.02. The molecule has 3 rings (SSSR count). The maximum atomic E-state index is 4.15. The number of aryl methyl sites for hydroxylation is 1. The molecule has 0 radical (unpaired) electrons. The lowest BCUT2D eigenvalue weighted by atomic mass is 10.5. The maximum Gasteiger partial charge on any atom is 0.180 e. The van der Waals surface area contributed by atoms with Crippen LogP contribution in [0, 0.1) is 6.92 Å². The van der Waals surface area contributed by atoms with E-state index in [1.54, 1.807) is 18.7 Å². The first kappa shape index (κ1) is 9.41. The number of nitrogens with one attached hydrogen (secondary N) is 2.